The normalized spacial score (nSPS) is 17.1. The Morgan fingerprint density at radius 3 is 2.61 bits per heavy atom. The van der Waals surface area contributed by atoms with Gasteiger partial charge in [-0.2, -0.15) is 0 Å². The van der Waals surface area contributed by atoms with Crippen molar-refractivity contribution in [3.63, 3.8) is 0 Å². The molecule has 2 N–H and O–H groups in total. The number of thiophene rings is 1. The second kappa shape index (κ2) is 4.92. The van der Waals surface area contributed by atoms with Gasteiger partial charge in [0.15, 0.2) is 0 Å². The van der Waals surface area contributed by atoms with Crippen LogP contribution < -0.4 is 10.0 Å². The Hall–Kier alpha value is -0.430. The summed E-state index contributed by atoms with van der Waals surface area (Å²) in [7, 11) is -1.53. The van der Waals surface area contributed by atoms with Gasteiger partial charge in [-0.3, -0.25) is 0 Å². The number of sulfonamides is 1. The van der Waals surface area contributed by atoms with Gasteiger partial charge in [0.1, 0.15) is 4.21 Å². The second-order valence-electron chi connectivity index (χ2n) is 5.35. The summed E-state index contributed by atoms with van der Waals surface area (Å²) < 4.78 is 27.8. The predicted octanol–water partition coefficient (Wildman–Crippen LogP) is 1.93. The smallest absolute Gasteiger partial charge is 0.250 e. The van der Waals surface area contributed by atoms with E-state index in [2.05, 4.69) is 10.0 Å². The summed E-state index contributed by atoms with van der Waals surface area (Å²) >= 11 is 1.32. The van der Waals surface area contributed by atoms with Crippen molar-refractivity contribution < 1.29 is 8.42 Å². The van der Waals surface area contributed by atoms with Crippen molar-refractivity contribution in [3.8, 4) is 0 Å². The van der Waals surface area contributed by atoms with Crippen LogP contribution in [0.1, 0.15) is 31.6 Å². The quantitative estimate of drug-likeness (QED) is 0.841. The van der Waals surface area contributed by atoms with E-state index in [-0.39, 0.29) is 5.54 Å². The summed E-state index contributed by atoms with van der Waals surface area (Å²) in [6.45, 7) is 4.63. The van der Waals surface area contributed by atoms with Crippen molar-refractivity contribution in [2.24, 2.45) is 5.92 Å². The van der Waals surface area contributed by atoms with E-state index in [0.29, 0.717) is 16.7 Å². The molecule has 4 nitrogen and oxygen atoms in total. The summed E-state index contributed by atoms with van der Waals surface area (Å²) in [5.41, 5.74) is -0.341. The maximum Gasteiger partial charge on any atom is 0.250 e. The van der Waals surface area contributed by atoms with Crippen LogP contribution in [0.15, 0.2) is 16.3 Å². The maximum atomic E-state index is 12.3. The molecule has 6 heteroatoms. The summed E-state index contributed by atoms with van der Waals surface area (Å²) in [4.78, 5) is 1.03. The van der Waals surface area contributed by atoms with Gasteiger partial charge in [-0.15, -0.1) is 11.3 Å². The molecule has 0 amide bonds. The molecule has 2 rings (SSSR count). The number of hydrogen-bond donors (Lipinski definition) is 2. The third-order valence-corrected chi connectivity index (χ3v) is 6.50. The van der Waals surface area contributed by atoms with Crippen molar-refractivity contribution in [2.45, 2.75) is 43.0 Å². The van der Waals surface area contributed by atoms with E-state index < -0.39 is 10.0 Å². The molecule has 0 spiro atoms. The van der Waals surface area contributed by atoms with Crippen LogP contribution in [0.3, 0.4) is 0 Å². The van der Waals surface area contributed by atoms with Gasteiger partial charge in [-0.25, -0.2) is 13.1 Å². The second-order valence-corrected chi connectivity index (χ2v) is 8.43. The third-order valence-electron chi connectivity index (χ3n) is 3.25. The summed E-state index contributed by atoms with van der Waals surface area (Å²) in [6.07, 6.45) is 2.23. The Kier molecular flexibility index (Phi) is 3.82. The molecular formula is C12H20N2O2S2. The Balaban J connectivity index is 2.14. The van der Waals surface area contributed by atoms with Gasteiger partial charge in [0.25, 0.3) is 10.0 Å². The van der Waals surface area contributed by atoms with Crippen LogP contribution in [0.4, 0.5) is 0 Å². The van der Waals surface area contributed by atoms with Gasteiger partial charge in [-0.05, 0) is 51.8 Å². The average Bonchev–Trinajstić information content (AvgIpc) is 2.99. The number of rotatable bonds is 6. The van der Waals surface area contributed by atoms with E-state index in [1.165, 1.54) is 11.3 Å². The highest BCUT2D eigenvalue weighted by Gasteiger charge is 2.40. The molecule has 1 saturated carbocycles. The lowest BCUT2D eigenvalue weighted by Gasteiger charge is -2.25. The van der Waals surface area contributed by atoms with E-state index >= 15 is 0 Å². The zero-order valence-corrected chi connectivity index (χ0v) is 12.6. The lowest BCUT2D eigenvalue weighted by atomic mass is 10.0. The molecule has 0 saturated heterocycles. The van der Waals surface area contributed by atoms with E-state index in [4.69, 9.17) is 0 Å². The molecule has 1 aliphatic carbocycles. The van der Waals surface area contributed by atoms with Crippen LogP contribution in [0.25, 0.3) is 0 Å². The fourth-order valence-corrected chi connectivity index (χ4v) is 4.90. The standard InChI is InChI=1S/C12H20N2O2S2/c1-12(2,9-4-5-9)14-18(15,16)11-7-6-10(17-11)8-13-3/h6-7,9,13-14H,4-5,8H2,1-3H3. The SMILES string of the molecule is CNCc1ccc(S(=O)(=O)NC(C)(C)C2CC2)s1. The zero-order chi connectivity index (χ0) is 13.4. The topological polar surface area (TPSA) is 58.2 Å². The zero-order valence-electron chi connectivity index (χ0n) is 11.0. The first-order valence-corrected chi connectivity index (χ1v) is 8.42. The molecule has 0 aliphatic heterocycles. The molecule has 102 valence electrons. The van der Waals surface area contributed by atoms with Crippen LogP contribution in [-0.4, -0.2) is 21.0 Å². The maximum absolute atomic E-state index is 12.3. The van der Waals surface area contributed by atoms with E-state index in [9.17, 15) is 8.42 Å². The van der Waals surface area contributed by atoms with Gasteiger partial charge in [0.2, 0.25) is 0 Å². The molecule has 1 aromatic rings. The fraction of sp³-hybridized carbons (Fsp3) is 0.667. The van der Waals surface area contributed by atoms with Crippen LogP contribution in [0, 0.1) is 5.92 Å². The van der Waals surface area contributed by atoms with E-state index in [1.54, 1.807) is 6.07 Å². The Labute approximate surface area is 113 Å². The Morgan fingerprint density at radius 1 is 1.39 bits per heavy atom. The highest BCUT2D eigenvalue weighted by molar-refractivity contribution is 7.91. The fourth-order valence-electron chi connectivity index (χ4n) is 2.06. The molecule has 1 heterocycles. The minimum atomic E-state index is -3.38. The number of nitrogens with one attached hydrogen (secondary N) is 2. The molecule has 1 aliphatic rings. The van der Waals surface area contributed by atoms with Crippen molar-refractivity contribution in [1.29, 1.82) is 0 Å². The largest absolute Gasteiger partial charge is 0.315 e. The van der Waals surface area contributed by atoms with Crippen LogP contribution in [0.2, 0.25) is 0 Å². The molecule has 0 atom stereocenters. The van der Waals surface area contributed by atoms with Crippen molar-refractivity contribution in [2.75, 3.05) is 7.05 Å². The molecule has 1 fully saturated rings. The van der Waals surface area contributed by atoms with E-state index in [1.807, 2.05) is 27.0 Å². The molecular weight excluding hydrogens is 268 g/mol. The number of hydrogen-bond acceptors (Lipinski definition) is 4. The molecule has 0 radical (unpaired) electrons. The van der Waals surface area contributed by atoms with Gasteiger partial charge in [0.05, 0.1) is 0 Å². The molecule has 1 aromatic heterocycles. The first kappa shape index (κ1) is 14.0. The average molecular weight is 288 g/mol. The van der Waals surface area contributed by atoms with Gasteiger partial charge >= 0.3 is 0 Å². The third kappa shape index (κ3) is 3.12. The molecule has 18 heavy (non-hydrogen) atoms. The van der Waals surface area contributed by atoms with Crippen LogP contribution in [0.5, 0.6) is 0 Å². The van der Waals surface area contributed by atoms with Gasteiger partial charge in [0, 0.05) is 17.0 Å². The molecule has 0 bridgehead atoms. The molecule has 0 aromatic carbocycles. The first-order valence-electron chi connectivity index (χ1n) is 6.12. The molecule has 0 unspecified atom stereocenters. The minimum absolute atomic E-state index is 0.341. The van der Waals surface area contributed by atoms with Crippen molar-refractivity contribution >= 4 is 21.4 Å². The summed E-state index contributed by atoms with van der Waals surface area (Å²) in [5, 5.41) is 3.02. The lowest BCUT2D eigenvalue weighted by Crippen LogP contribution is -2.44. The van der Waals surface area contributed by atoms with Crippen LogP contribution >= 0.6 is 11.3 Å². The Morgan fingerprint density at radius 2 is 2.06 bits per heavy atom. The van der Waals surface area contributed by atoms with E-state index in [0.717, 1.165) is 17.7 Å². The predicted molar refractivity (Wildman–Crippen MR) is 74.2 cm³/mol. The minimum Gasteiger partial charge on any atom is -0.315 e. The highest BCUT2D eigenvalue weighted by Crippen LogP contribution is 2.40. The van der Waals surface area contributed by atoms with Gasteiger partial charge < -0.3 is 5.32 Å². The van der Waals surface area contributed by atoms with Gasteiger partial charge in [-0.1, -0.05) is 0 Å². The lowest BCUT2D eigenvalue weighted by molar-refractivity contribution is 0.401. The summed E-state index contributed by atoms with van der Waals surface area (Å²) in [5.74, 6) is 0.476. The Bertz CT molecular complexity index is 516. The highest BCUT2D eigenvalue weighted by atomic mass is 32.2. The van der Waals surface area contributed by atoms with Crippen molar-refractivity contribution in [1.82, 2.24) is 10.0 Å². The van der Waals surface area contributed by atoms with Crippen LogP contribution in [-0.2, 0) is 16.6 Å². The first-order chi connectivity index (χ1) is 8.35. The van der Waals surface area contributed by atoms with Crippen molar-refractivity contribution in [3.05, 3.63) is 17.0 Å². The summed E-state index contributed by atoms with van der Waals surface area (Å²) in [6, 6.07) is 3.54. The monoisotopic (exact) mass is 288 g/mol.